The van der Waals surface area contributed by atoms with E-state index in [1.165, 1.54) is 9.75 Å². The Hall–Kier alpha value is -0.390. The third-order valence-electron chi connectivity index (χ3n) is 2.80. The summed E-state index contributed by atoms with van der Waals surface area (Å²) in [5, 5.41) is 8.81. The summed E-state index contributed by atoms with van der Waals surface area (Å²) in [6.07, 6.45) is 0.183. The van der Waals surface area contributed by atoms with Crippen LogP contribution in [0.4, 0.5) is 0 Å². The third-order valence-corrected chi connectivity index (χ3v) is 4.92. The van der Waals surface area contributed by atoms with E-state index in [0.717, 1.165) is 11.0 Å². The molecule has 1 aromatic heterocycles. The Balaban J connectivity index is 2.75. The van der Waals surface area contributed by atoms with Gasteiger partial charge in [-0.15, -0.1) is 11.3 Å². The van der Waals surface area contributed by atoms with Gasteiger partial charge in [0.05, 0.1) is 6.42 Å². The highest BCUT2D eigenvalue weighted by Gasteiger charge is 2.22. The van der Waals surface area contributed by atoms with E-state index in [1.54, 1.807) is 11.3 Å². The first kappa shape index (κ1) is 15.7. The molecule has 1 heterocycles. The number of thiophene rings is 1. The quantitative estimate of drug-likeness (QED) is 0.888. The molecule has 102 valence electrons. The standard InChI is InChI=1S/C13H20BrNO2S/c1-9-11(14)7-10(18-9)8-15(13(2,3)4)6-5-12(16)17/h7H,5-6,8H2,1-4H3,(H,16,17). The minimum atomic E-state index is -0.743. The normalized spacial score (nSPS) is 12.1. The van der Waals surface area contributed by atoms with Gasteiger partial charge in [0.1, 0.15) is 0 Å². The zero-order chi connectivity index (χ0) is 13.9. The zero-order valence-corrected chi connectivity index (χ0v) is 13.7. The molecule has 0 unspecified atom stereocenters. The van der Waals surface area contributed by atoms with E-state index in [1.807, 2.05) is 0 Å². The fourth-order valence-corrected chi connectivity index (χ4v) is 3.28. The summed E-state index contributed by atoms with van der Waals surface area (Å²) in [7, 11) is 0. The molecule has 18 heavy (non-hydrogen) atoms. The van der Waals surface area contributed by atoms with E-state index >= 15 is 0 Å². The number of carboxylic acids is 1. The van der Waals surface area contributed by atoms with Crippen LogP contribution in [-0.2, 0) is 11.3 Å². The molecule has 0 bridgehead atoms. The molecule has 0 radical (unpaired) electrons. The number of aryl methyl sites for hydroxylation is 1. The van der Waals surface area contributed by atoms with Crippen LogP contribution in [0, 0.1) is 6.92 Å². The van der Waals surface area contributed by atoms with Gasteiger partial charge in [-0.2, -0.15) is 0 Å². The molecule has 1 rings (SSSR count). The first-order valence-corrected chi connectivity index (χ1v) is 7.52. The molecule has 1 N–H and O–H groups in total. The van der Waals surface area contributed by atoms with E-state index in [-0.39, 0.29) is 12.0 Å². The van der Waals surface area contributed by atoms with Crippen molar-refractivity contribution in [1.29, 1.82) is 0 Å². The molecular weight excluding hydrogens is 314 g/mol. The van der Waals surface area contributed by atoms with E-state index in [9.17, 15) is 4.79 Å². The fourth-order valence-electron chi connectivity index (χ4n) is 1.67. The van der Waals surface area contributed by atoms with Crippen molar-refractivity contribution < 1.29 is 9.90 Å². The maximum atomic E-state index is 10.7. The first-order chi connectivity index (χ1) is 8.20. The van der Waals surface area contributed by atoms with Crippen molar-refractivity contribution in [3.05, 3.63) is 20.3 Å². The monoisotopic (exact) mass is 333 g/mol. The molecule has 0 aliphatic carbocycles. The SMILES string of the molecule is Cc1sc(CN(CCC(=O)O)C(C)(C)C)cc1Br. The van der Waals surface area contributed by atoms with Crippen LogP contribution in [0.5, 0.6) is 0 Å². The average molecular weight is 334 g/mol. The van der Waals surface area contributed by atoms with Crippen LogP contribution in [0.1, 0.15) is 36.9 Å². The Morgan fingerprint density at radius 2 is 2.11 bits per heavy atom. The van der Waals surface area contributed by atoms with Gasteiger partial charge >= 0.3 is 5.97 Å². The molecule has 0 aromatic carbocycles. The predicted octanol–water partition coefficient (Wildman–Crippen LogP) is 3.89. The van der Waals surface area contributed by atoms with Crippen molar-refractivity contribution in [2.24, 2.45) is 0 Å². The smallest absolute Gasteiger partial charge is 0.304 e. The molecule has 0 fully saturated rings. The topological polar surface area (TPSA) is 40.5 Å². The molecule has 0 atom stereocenters. The Labute approximate surface area is 121 Å². The molecule has 0 saturated heterocycles. The van der Waals surface area contributed by atoms with Crippen molar-refractivity contribution in [1.82, 2.24) is 4.90 Å². The summed E-state index contributed by atoms with van der Waals surface area (Å²) in [4.78, 5) is 15.4. The fraction of sp³-hybridized carbons (Fsp3) is 0.615. The molecule has 1 aromatic rings. The molecule has 0 saturated carbocycles. The number of halogens is 1. The number of aliphatic carboxylic acids is 1. The number of nitrogens with zero attached hydrogens (tertiary/aromatic N) is 1. The van der Waals surface area contributed by atoms with E-state index in [4.69, 9.17) is 5.11 Å². The highest BCUT2D eigenvalue weighted by Crippen LogP contribution is 2.29. The first-order valence-electron chi connectivity index (χ1n) is 5.92. The lowest BCUT2D eigenvalue weighted by Crippen LogP contribution is -2.41. The van der Waals surface area contributed by atoms with Crippen molar-refractivity contribution in [2.45, 2.75) is 46.2 Å². The number of carboxylic acid groups (broad SMARTS) is 1. The van der Waals surface area contributed by atoms with Crippen molar-refractivity contribution >= 4 is 33.2 Å². The Morgan fingerprint density at radius 1 is 1.50 bits per heavy atom. The summed E-state index contributed by atoms with van der Waals surface area (Å²) < 4.78 is 1.13. The number of rotatable bonds is 5. The maximum Gasteiger partial charge on any atom is 0.304 e. The van der Waals surface area contributed by atoms with E-state index < -0.39 is 5.97 Å². The Bertz CT molecular complexity index is 404. The highest BCUT2D eigenvalue weighted by molar-refractivity contribution is 9.10. The summed E-state index contributed by atoms with van der Waals surface area (Å²) in [5.74, 6) is -0.743. The van der Waals surface area contributed by atoms with Gasteiger partial charge in [0.15, 0.2) is 0 Å². The van der Waals surface area contributed by atoms with Crippen LogP contribution in [0.3, 0.4) is 0 Å². The van der Waals surface area contributed by atoms with Gasteiger partial charge in [-0.1, -0.05) is 0 Å². The van der Waals surface area contributed by atoms with Crippen LogP contribution in [-0.4, -0.2) is 28.1 Å². The largest absolute Gasteiger partial charge is 0.481 e. The second kappa shape index (κ2) is 6.17. The number of carbonyl (C=O) groups is 1. The third kappa shape index (κ3) is 4.71. The lowest BCUT2D eigenvalue weighted by Gasteiger charge is -2.35. The summed E-state index contributed by atoms with van der Waals surface area (Å²) in [6, 6.07) is 2.12. The number of hydrogen-bond acceptors (Lipinski definition) is 3. The van der Waals surface area contributed by atoms with Gasteiger partial charge in [0.2, 0.25) is 0 Å². The minimum absolute atomic E-state index is 0.0280. The van der Waals surface area contributed by atoms with Gasteiger partial charge in [-0.05, 0) is 49.7 Å². The van der Waals surface area contributed by atoms with Crippen LogP contribution >= 0.6 is 27.3 Å². The second-order valence-corrected chi connectivity index (χ2v) is 7.55. The van der Waals surface area contributed by atoms with Crippen molar-refractivity contribution in [2.75, 3.05) is 6.54 Å². The molecule has 0 aliphatic heterocycles. The lowest BCUT2D eigenvalue weighted by atomic mass is 10.1. The van der Waals surface area contributed by atoms with Crippen molar-refractivity contribution in [3.8, 4) is 0 Å². The zero-order valence-electron chi connectivity index (χ0n) is 11.3. The van der Waals surface area contributed by atoms with E-state index in [0.29, 0.717) is 6.54 Å². The van der Waals surface area contributed by atoms with E-state index in [2.05, 4.69) is 54.6 Å². The molecule has 0 aliphatic rings. The van der Waals surface area contributed by atoms with Gasteiger partial charge in [0.25, 0.3) is 0 Å². The second-order valence-electron chi connectivity index (χ2n) is 5.35. The summed E-state index contributed by atoms with van der Waals surface area (Å²) in [6.45, 7) is 9.80. The molecular formula is C13H20BrNO2S. The maximum absolute atomic E-state index is 10.7. The van der Waals surface area contributed by atoms with Gasteiger partial charge in [-0.25, -0.2) is 0 Å². The average Bonchev–Trinajstić information content (AvgIpc) is 2.51. The van der Waals surface area contributed by atoms with Gasteiger partial charge < -0.3 is 5.11 Å². The van der Waals surface area contributed by atoms with Crippen LogP contribution in [0.2, 0.25) is 0 Å². The van der Waals surface area contributed by atoms with Crippen LogP contribution in [0.15, 0.2) is 10.5 Å². The molecule has 0 amide bonds. The minimum Gasteiger partial charge on any atom is -0.481 e. The molecule has 3 nitrogen and oxygen atoms in total. The molecule has 0 spiro atoms. The lowest BCUT2D eigenvalue weighted by molar-refractivity contribution is -0.137. The number of hydrogen-bond donors (Lipinski definition) is 1. The Morgan fingerprint density at radius 3 is 2.50 bits per heavy atom. The van der Waals surface area contributed by atoms with Gasteiger partial charge in [-0.3, -0.25) is 9.69 Å². The van der Waals surface area contributed by atoms with Gasteiger partial charge in [0, 0.05) is 32.9 Å². The van der Waals surface area contributed by atoms with Crippen molar-refractivity contribution in [3.63, 3.8) is 0 Å². The Kier molecular flexibility index (Phi) is 5.37. The highest BCUT2D eigenvalue weighted by atomic mass is 79.9. The molecule has 5 heteroatoms. The van der Waals surface area contributed by atoms with Crippen LogP contribution in [0.25, 0.3) is 0 Å². The summed E-state index contributed by atoms with van der Waals surface area (Å²) in [5.41, 5.74) is -0.0280. The predicted molar refractivity (Wildman–Crippen MR) is 79.2 cm³/mol. The summed E-state index contributed by atoms with van der Waals surface area (Å²) >= 11 is 5.27. The van der Waals surface area contributed by atoms with Crippen LogP contribution < -0.4 is 0 Å².